The summed E-state index contributed by atoms with van der Waals surface area (Å²) in [6, 6.07) is 19.5. The summed E-state index contributed by atoms with van der Waals surface area (Å²) in [6.07, 6.45) is 3.87. The number of para-hydroxylation sites is 1. The number of anilines is 1. The molecule has 2 heterocycles. The van der Waals surface area contributed by atoms with Crippen molar-refractivity contribution >= 4 is 16.7 Å². The predicted octanol–water partition coefficient (Wildman–Crippen LogP) is 5.20. The van der Waals surface area contributed by atoms with Crippen LogP contribution in [-0.4, -0.2) is 18.1 Å². The zero-order valence-corrected chi connectivity index (χ0v) is 13.6. The van der Waals surface area contributed by atoms with Gasteiger partial charge in [-0.1, -0.05) is 48.0 Å². The van der Waals surface area contributed by atoms with Crippen LogP contribution in [0.4, 0.5) is 5.82 Å². The minimum absolute atomic E-state index is 1.09. The second kappa shape index (κ2) is 6.04. The molecule has 2 nitrogen and oxygen atoms in total. The van der Waals surface area contributed by atoms with Gasteiger partial charge in [-0.15, -0.1) is 0 Å². The van der Waals surface area contributed by atoms with Crippen molar-refractivity contribution in [3.63, 3.8) is 0 Å². The molecule has 116 valence electrons. The Kier molecular flexibility index (Phi) is 3.74. The third-order valence-corrected chi connectivity index (χ3v) is 4.72. The highest BCUT2D eigenvalue weighted by molar-refractivity contribution is 5.89. The number of benzene rings is 2. The molecule has 0 amide bonds. The maximum Gasteiger partial charge on any atom is 0.137 e. The molecular formula is C21H22N2. The van der Waals surface area contributed by atoms with Gasteiger partial charge >= 0.3 is 0 Å². The van der Waals surface area contributed by atoms with E-state index in [1.807, 2.05) is 0 Å². The molecule has 1 aliphatic rings. The van der Waals surface area contributed by atoms with E-state index in [-0.39, 0.29) is 0 Å². The van der Waals surface area contributed by atoms with Gasteiger partial charge in [0, 0.05) is 24.0 Å². The lowest BCUT2D eigenvalue weighted by molar-refractivity contribution is 0.574. The first-order chi connectivity index (χ1) is 11.3. The van der Waals surface area contributed by atoms with E-state index in [4.69, 9.17) is 4.98 Å². The molecule has 0 aliphatic carbocycles. The van der Waals surface area contributed by atoms with Crippen LogP contribution in [0.25, 0.3) is 22.0 Å². The Morgan fingerprint density at radius 3 is 2.39 bits per heavy atom. The van der Waals surface area contributed by atoms with Crippen molar-refractivity contribution in [2.75, 3.05) is 18.0 Å². The average Bonchev–Trinajstić information content (AvgIpc) is 2.62. The summed E-state index contributed by atoms with van der Waals surface area (Å²) in [5, 5.41) is 1.21. The van der Waals surface area contributed by atoms with Crippen LogP contribution in [-0.2, 0) is 0 Å². The number of aromatic nitrogens is 1. The van der Waals surface area contributed by atoms with Crippen molar-refractivity contribution in [3.8, 4) is 11.1 Å². The van der Waals surface area contributed by atoms with Gasteiger partial charge in [0.25, 0.3) is 0 Å². The maximum absolute atomic E-state index is 5.02. The number of nitrogens with zero attached hydrogens (tertiary/aromatic N) is 2. The fraction of sp³-hybridized carbons (Fsp3) is 0.286. The molecule has 23 heavy (non-hydrogen) atoms. The molecule has 0 unspecified atom stereocenters. The van der Waals surface area contributed by atoms with Gasteiger partial charge in [-0.3, -0.25) is 0 Å². The van der Waals surface area contributed by atoms with Crippen LogP contribution in [0.2, 0.25) is 0 Å². The second-order valence-corrected chi connectivity index (χ2v) is 6.47. The SMILES string of the molecule is Cc1ccc(-c2cc3ccccc3nc2N2CCCCC2)cc1. The van der Waals surface area contributed by atoms with Crippen LogP contribution in [0.5, 0.6) is 0 Å². The van der Waals surface area contributed by atoms with Gasteiger partial charge in [0.05, 0.1) is 5.52 Å². The summed E-state index contributed by atoms with van der Waals surface area (Å²) in [4.78, 5) is 7.49. The van der Waals surface area contributed by atoms with Crippen LogP contribution >= 0.6 is 0 Å². The third-order valence-electron chi connectivity index (χ3n) is 4.72. The lowest BCUT2D eigenvalue weighted by Crippen LogP contribution is -2.30. The number of rotatable bonds is 2. The Labute approximate surface area is 137 Å². The van der Waals surface area contributed by atoms with Crippen molar-refractivity contribution in [1.82, 2.24) is 4.98 Å². The summed E-state index contributed by atoms with van der Waals surface area (Å²) < 4.78 is 0. The summed E-state index contributed by atoms with van der Waals surface area (Å²) in [6.45, 7) is 4.36. The van der Waals surface area contributed by atoms with Gasteiger partial charge in [-0.05, 0) is 43.9 Å². The minimum Gasteiger partial charge on any atom is -0.356 e. The van der Waals surface area contributed by atoms with E-state index in [1.54, 1.807) is 0 Å². The largest absolute Gasteiger partial charge is 0.356 e. The predicted molar refractivity (Wildman–Crippen MR) is 98.0 cm³/mol. The van der Waals surface area contributed by atoms with Crippen molar-refractivity contribution < 1.29 is 0 Å². The molecule has 3 aromatic rings. The van der Waals surface area contributed by atoms with Gasteiger partial charge in [0.15, 0.2) is 0 Å². The van der Waals surface area contributed by atoms with Gasteiger partial charge in [-0.2, -0.15) is 0 Å². The molecular weight excluding hydrogens is 280 g/mol. The Balaban J connectivity index is 1.89. The van der Waals surface area contributed by atoms with Crippen molar-refractivity contribution in [1.29, 1.82) is 0 Å². The zero-order valence-electron chi connectivity index (χ0n) is 13.6. The normalized spacial score (nSPS) is 15.1. The molecule has 0 saturated carbocycles. The van der Waals surface area contributed by atoms with E-state index >= 15 is 0 Å². The van der Waals surface area contributed by atoms with Crippen LogP contribution in [0, 0.1) is 6.92 Å². The van der Waals surface area contributed by atoms with E-state index < -0.39 is 0 Å². The number of fused-ring (bicyclic) bond motifs is 1. The fourth-order valence-electron chi connectivity index (χ4n) is 3.40. The second-order valence-electron chi connectivity index (χ2n) is 6.47. The number of hydrogen-bond acceptors (Lipinski definition) is 2. The maximum atomic E-state index is 5.02. The molecule has 2 aromatic carbocycles. The molecule has 1 aromatic heterocycles. The first-order valence-electron chi connectivity index (χ1n) is 8.53. The standard InChI is InChI=1S/C21H22N2/c1-16-9-11-17(12-10-16)19-15-18-7-3-4-8-20(18)22-21(19)23-13-5-2-6-14-23/h3-4,7-12,15H,2,5-6,13-14H2,1H3. The molecule has 0 bridgehead atoms. The van der Waals surface area contributed by atoms with E-state index in [2.05, 4.69) is 66.4 Å². The summed E-state index contributed by atoms with van der Waals surface area (Å²) in [7, 11) is 0. The molecule has 0 radical (unpaired) electrons. The monoisotopic (exact) mass is 302 g/mol. The molecule has 1 fully saturated rings. The Morgan fingerprint density at radius 2 is 1.61 bits per heavy atom. The smallest absolute Gasteiger partial charge is 0.137 e. The highest BCUT2D eigenvalue weighted by Gasteiger charge is 2.17. The summed E-state index contributed by atoms with van der Waals surface area (Å²) in [5.74, 6) is 1.15. The van der Waals surface area contributed by atoms with Crippen molar-refractivity contribution in [2.24, 2.45) is 0 Å². The summed E-state index contributed by atoms with van der Waals surface area (Å²) in [5.41, 5.74) is 4.89. The average molecular weight is 302 g/mol. The number of hydrogen-bond donors (Lipinski definition) is 0. The molecule has 0 N–H and O–H groups in total. The van der Waals surface area contributed by atoms with Gasteiger partial charge in [-0.25, -0.2) is 4.98 Å². The van der Waals surface area contributed by atoms with Crippen LogP contribution in [0.1, 0.15) is 24.8 Å². The lowest BCUT2D eigenvalue weighted by Gasteiger charge is -2.30. The molecule has 0 spiro atoms. The Hall–Kier alpha value is -2.35. The van der Waals surface area contributed by atoms with Gasteiger partial charge < -0.3 is 4.90 Å². The van der Waals surface area contributed by atoms with Crippen LogP contribution in [0.3, 0.4) is 0 Å². The molecule has 4 rings (SSSR count). The number of aryl methyl sites for hydroxylation is 1. The first-order valence-corrected chi connectivity index (χ1v) is 8.53. The molecule has 1 saturated heterocycles. The van der Waals surface area contributed by atoms with Crippen LogP contribution in [0.15, 0.2) is 54.6 Å². The molecule has 2 heteroatoms. The summed E-state index contributed by atoms with van der Waals surface area (Å²) >= 11 is 0. The third kappa shape index (κ3) is 2.81. The van der Waals surface area contributed by atoms with E-state index in [1.165, 1.54) is 41.3 Å². The number of piperidine rings is 1. The quantitative estimate of drug-likeness (QED) is 0.646. The highest BCUT2D eigenvalue weighted by Crippen LogP contribution is 2.33. The van der Waals surface area contributed by atoms with Crippen molar-refractivity contribution in [3.05, 3.63) is 60.2 Å². The van der Waals surface area contributed by atoms with Gasteiger partial charge in [0.2, 0.25) is 0 Å². The van der Waals surface area contributed by atoms with E-state index in [0.717, 1.165) is 24.4 Å². The van der Waals surface area contributed by atoms with E-state index in [0.29, 0.717) is 0 Å². The zero-order chi connectivity index (χ0) is 15.6. The van der Waals surface area contributed by atoms with Gasteiger partial charge in [0.1, 0.15) is 5.82 Å². The van der Waals surface area contributed by atoms with E-state index in [9.17, 15) is 0 Å². The van der Waals surface area contributed by atoms with Crippen LogP contribution < -0.4 is 4.90 Å². The molecule has 1 aliphatic heterocycles. The topological polar surface area (TPSA) is 16.1 Å². The van der Waals surface area contributed by atoms with Crippen molar-refractivity contribution in [2.45, 2.75) is 26.2 Å². The Morgan fingerprint density at radius 1 is 0.870 bits per heavy atom. The molecule has 0 atom stereocenters. The fourth-order valence-corrected chi connectivity index (χ4v) is 3.40. The number of pyridine rings is 1. The Bertz CT molecular complexity index is 815. The lowest BCUT2D eigenvalue weighted by atomic mass is 10.0. The minimum atomic E-state index is 1.09. The highest BCUT2D eigenvalue weighted by atomic mass is 15.2. The first kappa shape index (κ1) is 14.3.